The molecule has 0 atom stereocenters. The number of carboxylic acids is 1. The molecule has 0 spiro atoms. The summed E-state index contributed by atoms with van der Waals surface area (Å²) < 4.78 is 5.04. The van der Waals surface area contributed by atoms with Crippen LogP contribution in [0.25, 0.3) is 0 Å². The summed E-state index contributed by atoms with van der Waals surface area (Å²) in [5, 5.41) is 17.8. The van der Waals surface area contributed by atoms with Gasteiger partial charge in [0.1, 0.15) is 17.1 Å². The SMILES string of the molecule is CCOc1cc(O)ccc1C(=O)O. The van der Waals surface area contributed by atoms with E-state index in [0.29, 0.717) is 6.61 Å². The lowest BCUT2D eigenvalue weighted by Gasteiger charge is -2.06. The largest absolute Gasteiger partial charge is 0.508 e. The predicted molar refractivity (Wildman–Crippen MR) is 46.2 cm³/mol. The highest BCUT2D eigenvalue weighted by Crippen LogP contribution is 2.23. The van der Waals surface area contributed by atoms with Crippen molar-refractivity contribution in [3.63, 3.8) is 0 Å². The van der Waals surface area contributed by atoms with Gasteiger partial charge in [0.25, 0.3) is 0 Å². The molecule has 70 valence electrons. The zero-order chi connectivity index (χ0) is 9.84. The van der Waals surface area contributed by atoms with Crippen molar-refractivity contribution >= 4 is 5.97 Å². The Morgan fingerprint density at radius 3 is 2.77 bits per heavy atom. The molecule has 0 bridgehead atoms. The second kappa shape index (κ2) is 3.80. The maximum Gasteiger partial charge on any atom is 0.339 e. The predicted octanol–water partition coefficient (Wildman–Crippen LogP) is 1.49. The first-order valence-corrected chi connectivity index (χ1v) is 3.84. The number of phenolic OH excluding ortho intramolecular Hbond substituents is 1. The molecule has 0 heterocycles. The highest BCUT2D eigenvalue weighted by atomic mass is 16.5. The molecule has 0 aliphatic rings. The van der Waals surface area contributed by atoms with Crippen LogP contribution in [0.1, 0.15) is 17.3 Å². The summed E-state index contributed by atoms with van der Waals surface area (Å²) in [5.41, 5.74) is 0.0552. The summed E-state index contributed by atoms with van der Waals surface area (Å²) in [7, 11) is 0. The van der Waals surface area contributed by atoms with E-state index in [4.69, 9.17) is 14.9 Å². The first-order valence-electron chi connectivity index (χ1n) is 3.84. The normalized spacial score (nSPS) is 9.62. The third-order valence-corrected chi connectivity index (χ3v) is 1.50. The lowest BCUT2D eigenvalue weighted by molar-refractivity contribution is 0.0692. The van der Waals surface area contributed by atoms with Crippen molar-refractivity contribution in [3.05, 3.63) is 23.8 Å². The average molecular weight is 182 g/mol. The molecule has 1 aromatic rings. The topological polar surface area (TPSA) is 66.8 Å². The quantitative estimate of drug-likeness (QED) is 0.743. The van der Waals surface area contributed by atoms with E-state index < -0.39 is 5.97 Å². The maximum atomic E-state index is 10.6. The van der Waals surface area contributed by atoms with Crippen molar-refractivity contribution < 1.29 is 19.7 Å². The fourth-order valence-electron chi connectivity index (χ4n) is 0.963. The summed E-state index contributed by atoms with van der Waals surface area (Å²) in [5.74, 6) is -0.882. The lowest BCUT2D eigenvalue weighted by atomic mass is 10.2. The molecule has 1 rings (SSSR count). The monoisotopic (exact) mass is 182 g/mol. The fraction of sp³-hybridized carbons (Fsp3) is 0.222. The Bertz CT molecular complexity index is 319. The van der Waals surface area contributed by atoms with Gasteiger partial charge in [0.2, 0.25) is 0 Å². The number of carboxylic acid groups (broad SMARTS) is 1. The molecule has 0 unspecified atom stereocenters. The van der Waals surface area contributed by atoms with E-state index in [-0.39, 0.29) is 17.1 Å². The summed E-state index contributed by atoms with van der Waals surface area (Å²) in [4.78, 5) is 10.6. The Labute approximate surface area is 75.4 Å². The van der Waals surface area contributed by atoms with Crippen molar-refractivity contribution in [2.75, 3.05) is 6.61 Å². The average Bonchev–Trinajstić information content (AvgIpc) is 2.04. The molecule has 0 aliphatic carbocycles. The van der Waals surface area contributed by atoms with Crippen LogP contribution < -0.4 is 4.74 Å². The first-order chi connectivity index (χ1) is 6.15. The van der Waals surface area contributed by atoms with Gasteiger partial charge < -0.3 is 14.9 Å². The highest BCUT2D eigenvalue weighted by molar-refractivity contribution is 5.91. The van der Waals surface area contributed by atoms with E-state index in [0.717, 1.165) is 0 Å². The second-order valence-corrected chi connectivity index (χ2v) is 2.42. The lowest BCUT2D eigenvalue weighted by Crippen LogP contribution is -2.02. The summed E-state index contributed by atoms with van der Waals surface area (Å²) in [6.45, 7) is 2.11. The van der Waals surface area contributed by atoms with Crippen molar-refractivity contribution in [1.82, 2.24) is 0 Å². The third-order valence-electron chi connectivity index (χ3n) is 1.50. The molecule has 1 aromatic carbocycles. The van der Waals surface area contributed by atoms with E-state index in [2.05, 4.69) is 0 Å². The fourth-order valence-corrected chi connectivity index (χ4v) is 0.963. The van der Waals surface area contributed by atoms with Crippen molar-refractivity contribution in [3.8, 4) is 11.5 Å². The van der Waals surface area contributed by atoms with E-state index in [1.165, 1.54) is 18.2 Å². The summed E-state index contributed by atoms with van der Waals surface area (Å²) in [6.07, 6.45) is 0. The van der Waals surface area contributed by atoms with Crippen LogP contribution in [0, 0.1) is 0 Å². The van der Waals surface area contributed by atoms with E-state index in [1.54, 1.807) is 6.92 Å². The minimum Gasteiger partial charge on any atom is -0.508 e. The molecular formula is C9H10O4. The van der Waals surface area contributed by atoms with E-state index >= 15 is 0 Å². The van der Waals surface area contributed by atoms with Crippen LogP contribution in [0.2, 0.25) is 0 Å². The van der Waals surface area contributed by atoms with Crippen LogP contribution in [0.15, 0.2) is 18.2 Å². The second-order valence-electron chi connectivity index (χ2n) is 2.42. The maximum absolute atomic E-state index is 10.6. The van der Waals surface area contributed by atoms with E-state index in [1.807, 2.05) is 0 Å². The van der Waals surface area contributed by atoms with Gasteiger partial charge in [-0.1, -0.05) is 0 Å². The third kappa shape index (κ3) is 2.11. The molecule has 2 N–H and O–H groups in total. The van der Waals surface area contributed by atoms with Gasteiger partial charge in [-0.05, 0) is 19.1 Å². The van der Waals surface area contributed by atoms with Crippen LogP contribution >= 0.6 is 0 Å². The number of benzene rings is 1. The van der Waals surface area contributed by atoms with Crippen LogP contribution in [0.5, 0.6) is 11.5 Å². The number of hydrogen-bond donors (Lipinski definition) is 2. The number of hydrogen-bond acceptors (Lipinski definition) is 3. The van der Waals surface area contributed by atoms with E-state index in [9.17, 15) is 4.79 Å². The van der Waals surface area contributed by atoms with Gasteiger partial charge in [-0.3, -0.25) is 0 Å². The molecule has 0 aliphatic heterocycles. The first kappa shape index (κ1) is 9.38. The van der Waals surface area contributed by atoms with Crippen LogP contribution in [-0.4, -0.2) is 22.8 Å². The van der Waals surface area contributed by atoms with Gasteiger partial charge in [0, 0.05) is 6.07 Å². The van der Waals surface area contributed by atoms with Crippen molar-refractivity contribution in [1.29, 1.82) is 0 Å². The minimum atomic E-state index is -1.07. The minimum absolute atomic E-state index is 0.00606. The van der Waals surface area contributed by atoms with Gasteiger partial charge in [-0.15, -0.1) is 0 Å². The molecule has 0 amide bonds. The molecule has 0 fully saturated rings. The highest BCUT2D eigenvalue weighted by Gasteiger charge is 2.10. The molecule has 0 radical (unpaired) electrons. The summed E-state index contributed by atoms with van der Waals surface area (Å²) >= 11 is 0. The van der Waals surface area contributed by atoms with Gasteiger partial charge in [0.05, 0.1) is 6.61 Å². The Kier molecular flexibility index (Phi) is 2.74. The molecular weight excluding hydrogens is 172 g/mol. The Hall–Kier alpha value is -1.71. The van der Waals surface area contributed by atoms with Gasteiger partial charge in [-0.2, -0.15) is 0 Å². The van der Waals surface area contributed by atoms with Crippen molar-refractivity contribution in [2.45, 2.75) is 6.92 Å². The number of aromatic hydroxyl groups is 1. The Morgan fingerprint density at radius 2 is 2.23 bits per heavy atom. The number of carbonyl (C=O) groups is 1. The molecule has 0 saturated carbocycles. The zero-order valence-electron chi connectivity index (χ0n) is 7.15. The molecule has 13 heavy (non-hydrogen) atoms. The number of phenols is 1. The smallest absolute Gasteiger partial charge is 0.339 e. The van der Waals surface area contributed by atoms with Crippen LogP contribution in [0.4, 0.5) is 0 Å². The number of rotatable bonds is 3. The van der Waals surface area contributed by atoms with Crippen LogP contribution in [-0.2, 0) is 0 Å². The summed E-state index contributed by atoms with van der Waals surface area (Å²) in [6, 6.07) is 3.90. The number of aromatic carboxylic acids is 1. The van der Waals surface area contributed by atoms with Gasteiger partial charge >= 0.3 is 5.97 Å². The molecule has 4 nitrogen and oxygen atoms in total. The molecule has 4 heteroatoms. The Morgan fingerprint density at radius 1 is 1.54 bits per heavy atom. The Balaban J connectivity index is 3.10. The zero-order valence-corrected chi connectivity index (χ0v) is 7.15. The molecule has 0 saturated heterocycles. The standard InChI is InChI=1S/C9H10O4/c1-2-13-8-5-6(10)3-4-7(8)9(11)12/h3-5,10H,2H2,1H3,(H,11,12). The van der Waals surface area contributed by atoms with Gasteiger partial charge in [0.15, 0.2) is 0 Å². The van der Waals surface area contributed by atoms with Crippen molar-refractivity contribution in [2.24, 2.45) is 0 Å². The van der Waals surface area contributed by atoms with Crippen LogP contribution in [0.3, 0.4) is 0 Å². The molecule has 0 aromatic heterocycles. The number of ether oxygens (including phenoxy) is 1. The van der Waals surface area contributed by atoms with Gasteiger partial charge in [-0.25, -0.2) is 4.79 Å².